The predicted molar refractivity (Wildman–Crippen MR) is 100 cm³/mol. The van der Waals surface area contributed by atoms with Crippen LogP contribution < -0.4 is 0 Å². The van der Waals surface area contributed by atoms with Gasteiger partial charge in [0.15, 0.2) is 0 Å². The highest BCUT2D eigenvalue weighted by Gasteiger charge is 1.86. The Labute approximate surface area is 142 Å². The van der Waals surface area contributed by atoms with Gasteiger partial charge in [0, 0.05) is 6.08 Å². The number of unbranched alkanes of at least 4 members (excludes halogenated alkanes) is 3. The van der Waals surface area contributed by atoms with Gasteiger partial charge in [-0.15, -0.1) is 0 Å². The van der Waals surface area contributed by atoms with Crippen molar-refractivity contribution in [3.05, 3.63) is 60.8 Å². The molecule has 0 atom stereocenters. The van der Waals surface area contributed by atoms with Crippen molar-refractivity contribution in [2.24, 2.45) is 0 Å². The van der Waals surface area contributed by atoms with Crippen molar-refractivity contribution in [2.45, 2.75) is 58.3 Å². The lowest BCUT2D eigenvalue weighted by molar-refractivity contribution is -0.134. The van der Waals surface area contributed by atoms with E-state index in [1.807, 2.05) is 6.08 Å². The summed E-state index contributed by atoms with van der Waals surface area (Å²) in [5.41, 5.74) is 0. The van der Waals surface area contributed by atoms with E-state index in [0.29, 0.717) is 0 Å². The largest absolute Gasteiger partial charge is 0.466 e. The van der Waals surface area contributed by atoms with E-state index < -0.39 is 0 Å². The Balaban J connectivity index is 3.51. The van der Waals surface area contributed by atoms with Crippen molar-refractivity contribution in [3.63, 3.8) is 0 Å². The van der Waals surface area contributed by atoms with Crippen molar-refractivity contribution >= 4 is 5.97 Å². The first kappa shape index (κ1) is 21.2. The summed E-state index contributed by atoms with van der Waals surface area (Å²) >= 11 is 0. The standard InChI is InChI=1S/C21H32O2/c1-3-4-5-6-7-8-9-10-11-12-13-14-15-16-17-18-19-20-21(22)23-2/h7-8,10-11,13-14,16-17,19-20H,3-6,9,12,15,18H2,1-2H3. The molecule has 0 N–H and O–H groups in total. The quantitative estimate of drug-likeness (QED) is 0.178. The molecule has 0 fully saturated rings. The Morgan fingerprint density at radius 2 is 1.22 bits per heavy atom. The minimum Gasteiger partial charge on any atom is -0.466 e. The molecule has 0 aliphatic carbocycles. The van der Waals surface area contributed by atoms with Gasteiger partial charge in [-0.2, -0.15) is 0 Å². The molecule has 0 spiro atoms. The number of esters is 1. The summed E-state index contributed by atoms with van der Waals surface area (Å²) in [7, 11) is 1.38. The molecule has 0 heterocycles. The first-order valence-electron chi connectivity index (χ1n) is 8.65. The van der Waals surface area contributed by atoms with E-state index in [-0.39, 0.29) is 5.97 Å². The topological polar surface area (TPSA) is 26.3 Å². The van der Waals surface area contributed by atoms with Crippen LogP contribution in [-0.4, -0.2) is 13.1 Å². The van der Waals surface area contributed by atoms with Crippen molar-refractivity contribution in [1.82, 2.24) is 0 Å². The number of carbonyl (C=O) groups excluding carboxylic acids is 1. The van der Waals surface area contributed by atoms with Gasteiger partial charge >= 0.3 is 5.97 Å². The van der Waals surface area contributed by atoms with Crippen LogP contribution >= 0.6 is 0 Å². The lowest BCUT2D eigenvalue weighted by Crippen LogP contribution is -1.92. The van der Waals surface area contributed by atoms with Crippen LogP contribution in [-0.2, 0) is 9.53 Å². The zero-order chi connectivity index (χ0) is 17.0. The van der Waals surface area contributed by atoms with E-state index in [0.717, 1.165) is 25.7 Å². The van der Waals surface area contributed by atoms with Crippen LogP contribution in [0.1, 0.15) is 58.3 Å². The fourth-order valence-electron chi connectivity index (χ4n) is 1.85. The van der Waals surface area contributed by atoms with E-state index in [2.05, 4.69) is 54.2 Å². The van der Waals surface area contributed by atoms with Crippen LogP contribution in [0, 0.1) is 0 Å². The van der Waals surface area contributed by atoms with E-state index >= 15 is 0 Å². The van der Waals surface area contributed by atoms with Gasteiger partial charge in [0.1, 0.15) is 0 Å². The Bertz CT molecular complexity index is 412. The van der Waals surface area contributed by atoms with Gasteiger partial charge in [-0.3, -0.25) is 0 Å². The Kier molecular flexibility index (Phi) is 16.8. The molecule has 0 aliphatic rings. The fourth-order valence-corrected chi connectivity index (χ4v) is 1.85. The minimum absolute atomic E-state index is 0.305. The van der Waals surface area contributed by atoms with Crippen molar-refractivity contribution < 1.29 is 9.53 Å². The average Bonchev–Trinajstić information content (AvgIpc) is 2.57. The van der Waals surface area contributed by atoms with Gasteiger partial charge in [0.05, 0.1) is 7.11 Å². The molecule has 0 aliphatic heterocycles. The lowest BCUT2D eigenvalue weighted by atomic mass is 10.2. The van der Waals surface area contributed by atoms with Gasteiger partial charge in [0.25, 0.3) is 0 Å². The molecule has 0 radical (unpaired) electrons. The van der Waals surface area contributed by atoms with E-state index in [9.17, 15) is 4.79 Å². The van der Waals surface area contributed by atoms with Crippen LogP contribution in [0.3, 0.4) is 0 Å². The maximum atomic E-state index is 10.8. The third-order valence-electron chi connectivity index (χ3n) is 3.18. The molecule has 0 amide bonds. The molecule has 0 aromatic carbocycles. The predicted octanol–water partition coefficient (Wildman–Crippen LogP) is 6.08. The molecule has 0 aromatic rings. The molecule has 0 saturated heterocycles. The number of carbonyl (C=O) groups is 1. The summed E-state index contributed by atoms with van der Waals surface area (Å²) in [5.74, 6) is -0.305. The average molecular weight is 316 g/mol. The molecule has 128 valence electrons. The molecular formula is C21H32O2. The first-order chi connectivity index (χ1) is 11.3. The third-order valence-corrected chi connectivity index (χ3v) is 3.18. The van der Waals surface area contributed by atoms with Crippen molar-refractivity contribution in [3.8, 4) is 0 Å². The van der Waals surface area contributed by atoms with Gasteiger partial charge in [-0.05, 0) is 38.5 Å². The summed E-state index contributed by atoms with van der Waals surface area (Å²) in [6, 6.07) is 0. The SMILES string of the molecule is CCCCCC=CCC=CCC=CCC=CCC=CC(=O)OC. The minimum atomic E-state index is -0.305. The number of allylic oxidation sites excluding steroid dienone is 9. The summed E-state index contributed by atoms with van der Waals surface area (Å²) < 4.78 is 4.51. The highest BCUT2D eigenvalue weighted by Crippen LogP contribution is 2.00. The molecule has 2 nitrogen and oxygen atoms in total. The summed E-state index contributed by atoms with van der Waals surface area (Å²) in [6.45, 7) is 2.23. The Hall–Kier alpha value is -1.83. The third kappa shape index (κ3) is 18.1. The first-order valence-corrected chi connectivity index (χ1v) is 8.65. The molecule has 0 saturated carbocycles. The van der Waals surface area contributed by atoms with Crippen molar-refractivity contribution in [1.29, 1.82) is 0 Å². The number of ether oxygens (including phenoxy) is 1. The fraction of sp³-hybridized carbons (Fsp3) is 0.476. The Morgan fingerprint density at radius 1 is 0.739 bits per heavy atom. The molecular weight excluding hydrogens is 284 g/mol. The normalized spacial score (nSPS) is 12.6. The van der Waals surface area contributed by atoms with Crippen molar-refractivity contribution in [2.75, 3.05) is 7.11 Å². The lowest BCUT2D eigenvalue weighted by Gasteiger charge is -1.90. The van der Waals surface area contributed by atoms with E-state index in [1.54, 1.807) is 6.08 Å². The molecule has 0 rings (SSSR count). The van der Waals surface area contributed by atoms with Gasteiger partial charge in [-0.1, -0.05) is 74.4 Å². The smallest absolute Gasteiger partial charge is 0.330 e. The monoisotopic (exact) mass is 316 g/mol. The van der Waals surface area contributed by atoms with Crippen LogP contribution in [0.5, 0.6) is 0 Å². The summed E-state index contributed by atoms with van der Waals surface area (Å²) in [4.78, 5) is 10.8. The van der Waals surface area contributed by atoms with Gasteiger partial charge < -0.3 is 4.74 Å². The second kappa shape index (κ2) is 18.2. The summed E-state index contributed by atoms with van der Waals surface area (Å²) in [6.07, 6.45) is 29.5. The van der Waals surface area contributed by atoms with E-state index in [4.69, 9.17) is 0 Å². The highest BCUT2D eigenvalue weighted by molar-refractivity contribution is 5.81. The van der Waals surface area contributed by atoms with Crippen LogP contribution in [0.4, 0.5) is 0 Å². The zero-order valence-electron chi connectivity index (χ0n) is 14.7. The molecule has 0 bridgehead atoms. The molecule has 23 heavy (non-hydrogen) atoms. The number of hydrogen-bond acceptors (Lipinski definition) is 2. The second-order valence-electron chi connectivity index (χ2n) is 5.25. The highest BCUT2D eigenvalue weighted by atomic mass is 16.5. The van der Waals surface area contributed by atoms with Crippen LogP contribution in [0.25, 0.3) is 0 Å². The van der Waals surface area contributed by atoms with E-state index in [1.165, 1.54) is 38.9 Å². The second-order valence-corrected chi connectivity index (χ2v) is 5.25. The maximum Gasteiger partial charge on any atom is 0.330 e. The maximum absolute atomic E-state index is 10.8. The summed E-state index contributed by atoms with van der Waals surface area (Å²) in [5, 5.41) is 0. The molecule has 2 heteroatoms. The number of rotatable bonds is 13. The van der Waals surface area contributed by atoms with Crippen LogP contribution in [0.15, 0.2) is 60.8 Å². The Morgan fingerprint density at radius 3 is 1.70 bits per heavy atom. The van der Waals surface area contributed by atoms with Gasteiger partial charge in [-0.25, -0.2) is 4.79 Å². The molecule has 0 aromatic heterocycles. The zero-order valence-corrected chi connectivity index (χ0v) is 14.7. The van der Waals surface area contributed by atoms with Gasteiger partial charge in [0.2, 0.25) is 0 Å². The number of methoxy groups -OCH3 is 1. The molecule has 0 unspecified atom stereocenters. The van der Waals surface area contributed by atoms with Crippen LogP contribution in [0.2, 0.25) is 0 Å². The number of hydrogen-bond donors (Lipinski definition) is 0.